The number of halogens is 2. The Hall–Kier alpha value is -2.19. The van der Waals surface area contributed by atoms with E-state index in [1.807, 2.05) is 0 Å². The van der Waals surface area contributed by atoms with Gasteiger partial charge in [0.2, 0.25) is 0 Å². The average molecular weight is 746 g/mol. The van der Waals surface area contributed by atoms with Gasteiger partial charge in [0.1, 0.15) is 0 Å². The van der Waals surface area contributed by atoms with Crippen molar-refractivity contribution in [3.8, 4) is 22.3 Å². The van der Waals surface area contributed by atoms with Crippen molar-refractivity contribution in [2.24, 2.45) is 0 Å². The predicted octanol–water partition coefficient (Wildman–Crippen LogP) is 11.6. The summed E-state index contributed by atoms with van der Waals surface area (Å²) in [6.07, 6.45) is 7.30. The van der Waals surface area contributed by atoms with Gasteiger partial charge in [0.05, 0.1) is 0 Å². The molecule has 4 aromatic carbocycles. The van der Waals surface area contributed by atoms with Crippen LogP contribution in [0.15, 0.2) is 96.1 Å². The van der Waals surface area contributed by atoms with Gasteiger partial charge in [-0.05, 0) is 0 Å². The number of hydrogen-bond donors (Lipinski definition) is 0. The first-order valence-corrected chi connectivity index (χ1v) is 24.1. The van der Waals surface area contributed by atoms with E-state index in [9.17, 15) is 0 Å². The summed E-state index contributed by atoms with van der Waals surface area (Å²) in [4.78, 5) is 0. The molecule has 0 aromatic heterocycles. The molecule has 0 radical (unpaired) electrons. The van der Waals surface area contributed by atoms with Crippen molar-refractivity contribution in [2.45, 2.75) is 56.2 Å². The van der Waals surface area contributed by atoms with Gasteiger partial charge in [-0.3, -0.25) is 0 Å². The molecule has 1 aliphatic heterocycles. The number of rotatable bonds is 6. The molecule has 0 nitrogen and oxygen atoms in total. The van der Waals surface area contributed by atoms with Crippen LogP contribution in [-0.2, 0) is 32.8 Å². The molecule has 4 aromatic rings. The van der Waals surface area contributed by atoms with Crippen molar-refractivity contribution in [3.63, 3.8) is 0 Å². The molecule has 210 valence electrons. The third-order valence-electron chi connectivity index (χ3n) is 9.88. The fourth-order valence-corrected chi connectivity index (χ4v) is 36.1. The van der Waals surface area contributed by atoms with E-state index in [1.54, 1.807) is 22.3 Å². The Balaban J connectivity index is 0.00000169. The van der Waals surface area contributed by atoms with E-state index in [4.69, 9.17) is 0 Å². The van der Waals surface area contributed by atoms with Crippen LogP contribution in [0.5, 0.6) is 0 Å². The molecule has 3 aliphatic rings. The summed E-state index contributed by atoms with van der Waals surface area (Å²) in [5, 5.41) is 0. The van der Waals surface area contributed by atoms with Gasteiger partial charge in [0.15, 0.2) is 0 Å². The van der Waals surface area contributed by atoms with Crippen molar-refractivity contribution in [2.75, 3.05) is 0 Å². The monoisotopic (exact) mass is 746 g/mol. The van der Waals surface area contributed by atoms with Crippen LogP contribution in [0.25, 0.3) is 34.4 Å². The molecule has 1 saturated heterocycles. The topological polar surface area (TPSA) is 0 Å². The van der Waals surface area contributed by atoms with Crippen LogP contribution in [0.3, 0.4) is 0 Å². The molecule has 0 bridgehead atoms. The van der Waals surface area contributed by atoms with Crippen LogP contribution in [-0.4, -0.2) is 0 Å². The average Bonchev–Trinajstić information content (AvgIpc) is 3.55. The second kappa shape index (κ2) is 11.8. The third kappa shape index (κ3) is 4.97. The maximum Gasteiger partial charge on any atom is -0.147 e. The maximum atomic E-state index is 2.56. The Kier molecular flexibility index (Phi) is 8.73. The zero-order chi connectivity index (χ0) is 26.7. The zero-order valence-electron chi connectivity index (χ0n) is 24.5. The summed E-state index contributed by atoms with van der Waals surface area (Å²) in [6, 6.07) is 32.8. The second-order valence-corrected chi connectivity index (χ2v) is 28.7. The summed E-state index contributed by atoms with van der Waals surface area (Å²) >= 11 is -2.77. The van der Waals surface area contributed by atoms with Crippen LogP contribution in [0.4, 0.5) is 0 Å². The quantitative estimate of drug-likeness (QED) is 0.172. The predicted molar refractivity (Wildman–Crippen MR) is 179 cm³/mol. The van der Waals surface area contributed by atoms with Gasteiger partial charge < -0.3 is 0 Å². The third-order valence-corrected chi connectivity index (χ3v) is 29.6. The number of benzene rings is 4. The van der Waals surface area contributed by atoms with Gasteiger partial charge in [-0.1, -0.05) is 0 Å². The number of fused-ring (bicyclic) bond motifs is 2. The normalized spacial score (nSPS) is 19.3. The molecule has 2 atom stereocenters. The van der Waals surface area contributed by atoms with E-state index in [-0.39, 0.29) is 24.8 Å². The fraction of sp³-hybridized carbons (Fsp3) is 0.263. The van der Waals surface area contributed by atoms with Crippen molar-refractivity contribution in [3.05, 3.63) is 129 Å². The van der Waals surface area contributed by atoms with Crippen molar-refractivity contribution in [1.29, 1.82) is 0 Å². The van der Waals surface area contributed by atoms with E-state index in [0.717, 1.165) is 12.8 Å². The van der Waals surface area contributed by atoms with Crippen LogP contribution < -0.4 is 0 Å². The molecule has 7 rings (SSSR count). The Morgan fingerprint density at radius 2 is 0.951 bits per heavy atom. The van der Waals surface area contributed by atoms with Gasteiger partial charge >= 0.3 is 240 Å². The van der Waals surface area contributed by atoms with E-state index < -0.39 is 20.0 Å². The Morgan fingerprint density at radius 1 is 0.561 bits per heavy atom. The molecule has 0 N–H and O–H groups in total. The Labute approximate surface area is 263 Å². The first kappa shape index (κ1) is 30.3. The Bertz CT molecular complexity index is 1520. The molecule has 0 saturated carbocycles. The summed E-state index contributed by atoms with van der Waals surface area (Å²) in [5.74, 6) is 0. The van der Waals surface area contributed by atoms with Crippen LogP contribution in [0, 0.1) is 0 Å². The number of aryl methyl sites for hydroxylation is 2. The smallest absolute Gasteiger partial charge is 0.147 e. The van der Waals surface area contributed by atoms with Gasteiger partial charge in [0, 0.05) is 0 Å². The standard InChI is InChI=1S/2C18H17.C2H4.2ClH.Hf/c2*1-3-14-7-9-15(10-8-14)17-6-4-5-16-11-13(2)12-18(16)17;1-2;;;/h2*4-12H,3H2,1-2H3;1-2H2;2*1H;. The minimum Gasteiger partial charge on any atom is -0.147 e. The number of hydrogen-bond acceptors (Lipinski definition) is 0. The van der Waals surface area contributed by atoms with Crippen molar-refractivity contribution in [1.82, 2.24) is 0 Å². The van der Waals surface area contributed by atoms with Gasteiger partial charge in [-0.2, -0.15) is 0 Å². The SMILES string of the molecule is CCc1ccc(-c2cccc3c2C=C(C)[CH]3[Hf]2([CH]3C(C)=Cc4c(-c5ccc(CC)cc5)cccc43)[CH2][CH2]2)cc1.Cl.Cl. The molecule has 0 amide bonds. The fourth-order valence-electron chi connectivity index (χ4n) is 7.86. The first-order valence-electron chi connectivity index (χ1n) is 14.8. The second-order valence-electron chi connectivity index (χ2n) is 12.1. The molecule has 3 heteroatoms. The van der Waals surface area contributed by atoms with Crippen molar-refractivity contribution >= 4 is 37.0 Å². The van der Waals surface area contributed by atoms with Crippen LogP contribution >= 0.6 is 24.8 Å². The minimum atomic E-state index is -2.77. The molecule has 2 unspecified atom stereocenters. The van der Waals surface area contributed by atoms with E-state index in [1.165, 1.54) is 52.9 Å². The van der Waals surface area contributed by atoms with Crippen molar-refractivity contribution < 1.29 is 20.0 Å². The van der Waals surface area contributed by atoms with E-state index in [2.05, 4.69) is 125 Å². The Morgan fingerprint density at radius 3 is 1.29 bits per heavy atom. The zero-order valence-corrected chi connectivity index (χ0v) is 29.8. The molecule has 1 heterocycles. The first-order chi connectivity index (χ1) is 19.0. The number of allylic oxidation sites excluding steroid dienone is 2. The van der Waals surface area contributed by atoms with Gasteiger partial charge in [-0.25, -0.2) is 0 Å². The molecular weight excluding hydrogens is 706 g/mol. The summed E-state index contributed by atoms with van der Waals surface area (Å²) < 4.78 is 4.44. The van der Waals surface area contributed by atoms with E-state index in [0.29, 0.717) is 7.35 Å². The minimum absolute atomic E-state index is 0. The summed E-state index contributed by atoms with van der Waals surface area (Å²) in [7, 11) is 0. The summed E-state index contributed by atoms with van der Waals surface area (Å²) in [6.45, 7) is 9.35. The molecular formula is C38H40Cl2Hf. The van der Waals surface area contributed by atoms with Crippen LogP contribution in [0.2, 0.25) is 8.35 Å². The van der Waals surface area contributed by atoms with Gasteiger partial charge in [-0.15, -0.1) is 24.8 Å². The molecule has 1 fully saturated rings. The summed E-state index contributed by atoms with van der Waals surface area (Å²) in [5.41, 5.74) is 17.9. The van der Waals surface area contributed by atoms with E-state index >= 15 is 0 Å². The van der Waals surface area contributed by atoms with Crippen LogP contribution in [0.1, 0.15) is 68.4 Å². The largest absolute Gasteiger partial charge is 0.147 e. The van der Waals surface area contributed by atoms with Gasteiger partial charge in [0.25, 0.3) is 0 Å². The molecule has 2 aliphatic carbocycles. The molecule has 41 heavy (non-hydrogen) atoms. The maximum absolute atomic E-state index is 2.77. The molecule has 0 spiro atoms.